The minimum absolute atomic E-state index is 0.302. The molecule has 1 heterocycles. The molecule has 1 saturated carbocycles. The lowest BCUT2D eigenvalue weighted by Crippen LogP contribution is -2.55. The van der Waals surface area contributed by atoms with Gasteiger partial charge in [-0.05, 0) is 38.8 Å². The van der Waals surface area contributed by atoms with Gasteiger partial charge in [0.15, 0.2) is 0 Å². The lowest BCUT2D eigenvalue weighted by Gasteiger charge is -2.46. The fourth-order valence-electron chi connectivity index (χ4n) is 4.24. The molecule has 1 saturated heterocycles. The van der Waals surface area contributed by atoms with Crippen LogP contribution >= 0.6 is 0 Å². The fraction of sp³-hybridized carbons (Fsp3) is 1.00. The van der Waals surface area contributed by atoms with E-state index in [1.165, 1.54) is 38.8 Å². The third kappa shape index (κ3) is 2.59. The summed E-state index contributed by atoms with van der Waals surface area (Å²) in [5.74, 6) is 1.61. The van der Waals surface area contributed by atoms with Crippen LogP contribution in [0, 0.1) is 11.8 Å². The third-order valence-corrected chi connectivity index (χ3v) is 5.35. The second kappa shape index (κ2) is 5.48. The smallest absolute Gasteiger partial charge is 0.0335 e. The number of likely N-dealkylation sites (tertiary alicyclic amines) is 1. The van der Waals surface area contributed by atoms with Crippen molar-refractivity contribution in [1.29, 1.82) is 0 Å². The van der Waals surface area contributed by atoms with Gasteiger partial charge in [-0.2, -0.15) is 0 Å². The molecule has 1 aliphatic carbocycles. The molecule has 106 valence electrons. The van der Waals surface area contributed by atoms with Crippen molar-refractivity contribution in [2.24, 2.45) is 17.6 Å². The van der Waals surface area contributed by atoms with E-state index in [0.717, 1.165) is 18.4 Å². The first-order valence-corrected chi connectivity index (χ1v) is 7.60. The predicted octanol–water partition coefficient (Wildman–Crippen LogP) is 1.78. The van der Waals surface area contributed by atoms with Crippen molar-refractivity contribution in [3.63, 3.8) is 0 Å². The molecule has 0 aromatic rings. The SMILES string of the molecule is CC1CCCC(CN)(N2CC(C)C(N(C)C)C2)C1. The number of likely N-dealkylation sites (N-methyl/N-ethyl adjacent to an activating group) is 1. The van der Waals surface area contributed by atoms with Crippen LogP contribution in [0.4, 0.5) is 0 Å². The molecule has 1 aliphatic heterocycles. The van der Waals surface area contributed by atoms with Crippen LogP contribution in [-0.2, 0) is 0 Å². The summed E-state index contributed by atoms with van der Waals surface area (Å²) in [6, 6.07) is 0.700. The summed E-state index contributed by atoms with van der Waals surface area (Å²) in [4.78, 5) is 5.11. The molecule has 0 radical (unpaired) electrons. The van der Waals surface area contributed by atoms with Crippen LogP contribution in [0.3, 0.4) is 0 Å². The zero-order chi connectivity index (χ0) is 13.3. The van der Waals surface area contributed by atoms with E-state index in [0.29, 0.717) is 11.6 Å². The van der Waals surface area contributed by atoms with E-state index in [1.807, 2.05) is 0 Å². The first-order valence-electron chi connectivity index (χ1n) is 7.60. The standard InChI is InChI=1S/C15H31N3/c1-12-6-5-7-15(8-12,11-16)18-9-13(2)14(10-18)17(3)4/h12-14H,5-11,16H2,1-4H3. The minimum Gasteiger partial charge on any atom is -0.329 e. The van der Waals surface area contributed by atoms with Crippen LogP contribution < -0.4 is 5.73 Å². The average molecular weight is 253 g/mol. The minimum atomic E-state index is 0.302. The number of nitrogens with zero attached hydrogens (tertiary/aromatic N) is 2. The Hall–Kier alpha value is -0.120. The van der Waals surface area contributed by atoms with Gasteiger partial charge in [-0.15, -0.1) is 0 Å². The molecule has 18 heavy (non-hydrogen) atoms. The predicted molar refractivity (Wildman–Crippen MR) is 77.6 cm³/mol. The van der Waals surface area contributed by atoms with Crippen molar-refractivity contribution < 1.29 is 0 Å². The lowest BCUT2D eigenvalue weighted by molar-refractivity contribution is 0.0534. The second-order valence-corrected chi connectivity index (χ2v) is 7.04. The van der Waals surface area contributed by atoms with Gasteiger partial charge in [0, 0.05) is 31.2 Å². The third-order valence-electron chi connectivity index (χ3n) is 5.35. The van der Waals surface area contributed by atoms with Crippen LogP contribution in [0.5, 0.6) is 0 Å². The van der Waals surface area contributed by atoms with Crippen molar-refractivity contribution in [2.45, 2.75) is 51.1 Å². The fourth-order valence-corrected chi connectivity index (χ4v) is 4.24. The Morgan fingerprint density at radius 1 is 1.28 bits per heavy atom. The monoisotopic (exact) mass is 253 g/mol. The Labute approximate surface area is 113 Å². The Bertz CT molecular complexity index is 279. The summed E-state index contributed by atoms with van der Waals surface area (Å²) in [5.41, 5.74) is 6.49. The molecule has 2 aliphatic rings. The molecule has 0 amide bonds. The topological polar surface area (TPSA) is 32.5 Å². The molecular weight excluding hydrogens is 222 g/mol. The largest absolute Gasteiger partial charge is 0.329 e. The first kappa shape index (κ1) is 14.3. The quantitative estimate of drug-likeness (QED) is 0.832. The zero-order valence-electron chi connectivity index (χ0n) is 12.7. The van der Waals surface area contributed by atoms with Gasteiger partial charge in [0.1, 0.15) is 0 Å². The molecule has 3 nitrogen and oxygen atoms in total. The van der Waals surface area contributed by atoms with E-state index in [9.17, 15) is 0 Å². The highest BCUT2D eigenvalue weighted by Crippen LogP contribution is 2.39. The average Bonchev–Trinajstić information content (AvgIpc) is 2.72. The Balaban J connectivity index is 2.09. The van der Waals surface area contributed by atoms with Gasteiger partial charge < -0.3 is 10.6 Å². The maximum absolute atomic E-state index is 6.19. The maximum Gasteiger partial charge on any atom is 0.0335 e. The molecule has 0 aromatic carbocycles. The Morgan fingerprint density at radius 2 is 2.00 bits per heavy atom. The number of nitrogens with two attached hydrogens (primary N) is 1. The van der Waals surface area contributed by atoms with Gasteiger partial charge >= 0.3 is 0 Å². The summed E-state index contributed by atoms with van der Waals surface area (Å²) in [6.07, 6.45) is 5.36. The van der Waals surface area contributed by atoms with E-state index in [4.69, 9.17) is 5.73 Å². The molecule has 2 rings (SSSR count). The number of hydrogen-bond acceptors (Lipinski definition) is 3. The van der Waals surface area contributed by atoms with Crippen LogP contribution in [-0.4, -0.2) is 55.1 Å². The number of rotatable bonds is 3. The van der Waals surface area contributed by atoms with E-state index in [1.54, 1.807) is 0 Å². The molecule has 0 bridgehead atoms. The highest BCUT2D eigenvalue weighted by Gasteiger charge is 2.44. The number of hydrogen-bond donors (Lipinski definition) is 1. The zero-order valence-corrected chi connectivity index (χ0v) is 12.7. The van der Waals surface area contributed by atoms with Crippen molar-refractivity contribution in [1.82, 2.24) is 9.80 Å². The van der Waals surface area contributed by atoms with Gasteiger partial charge in [-0.25, -0.2) is 0 Å². The molecule has 2 fully saturated rings. The van der Waals surface area contributed by atoms with Crippen molar-refractivity contribution >= 4 is 0 Å². The van der Waals surface area contributed by atoms with E-state index in [2.05, 4.69) is 37.7 Å². The van der Waals surface area contributed by atoms with Crippen molar-refractivity contribution in [3.8, 4) is 0 Å². The van der Waals surface area contributed by atoms with Crippen LogP contribution in [0.1, 0.15) is 39.5 Å². The van der Waals surface area contributed by atoms with E-state index >= 15 is 0 Å². The summed E-state index contributed by atoms with van der Waals surface area (Å²) >= 11 is 0. The molecule has 2 N–H and O–H groups in total. The summed E-state index contributed by atoms with van der Waals surface area (Å²) in [6.45, 7) is 8.06. The summed E-state index contributed by atoms with van der Waals surface area (Å²) < 4.78 is 0. The summed E-state index contributed by atoms with van der Waals surface area (Å²) in [5, 5.41) is 0. The second-order valence-electron chi connectivity index (χ2n) is 7.04. The Kier molecular flexibility index (Phi) is 4.35. The molecular formula is C15H31N3. The van der Waals surface area contributed by atoms with Crippen LogP contribution in [0.15, 0.2) is 0 Å². The van der Waals surface area contributed by atoms with Gasteiger partial charge in [0.05, 0.1) is 0 Å². The van der Waals surface area contributed by atoms with E-state index in [-0.39, 0.29) is 0 Å². The molecule has 0 aromatic heterocycles. The lowest BCUT2D eigenvalue weighted by atomic mass is 9.75. The van der Waals surface area contributed by atoms with Gasteiger partial charge in [0.2, 0.25) is 0 Å². The molecule has 4 atom stereocenters. The molecule has 4 unspecified atom stereocenters. The highest BCUT2D eigenvalue weighted by atomic mass is 15.3. The van der Waals surface area contributed by atoms with Crippen molar-refractivity contribution in [2.75, 3.05) is 33.7 Å². The normalized spacial score (nSPS) is 42.7. The summed E-state index contributed by atoms with van der Waals surface area (Å²) in [7, 11) is 4.42. The van der Waals surface area contributed by atoms with E-state index < -0.39 is 0 Å². The van der Waals surface area contributed by atoms with Gasteiger partial charge in [-0.1, -0.05) is 26.7 Å². The Morgan fingerprint density at radius 3 is 2.50 bits per heavy atom. The highest BCUT2D eigenvalue weighted by molar-refractivity contribution is 5.01. The molecule has 0 spiro atoms. The van der Waals surface area contributed by atoms with Gasteiger partial charge in [-0.3, -0.25) is 4.90 Å². The van der Waals surface area contributed by atoms with Crippen LogP contribution in [0.2, 0.25) is 0 Å². The first-order chi connectivity index (χ1) is 8.48. The van der Waals surface area contributed by atoms with Crippen LogP contribution in [0.25, 0.3) is 0 Å². The maximum atomic E-state index is 6.19. The van der Waals surface area contributed by atoms with Crippen molar-refractivity contribution in [3.05, 3.63) is 0 Å². The molecule has 3 heteroatoms. The van der Waals surface area contributed by atoms with Gasteiger partial charge in [0.25, 0.3) is 0 Å².